The molecule has 2 aromatic rings. The smallest absolute Gasteiger partial charge is 0.0564 e. The quantitative estimate of drug-likeness (QED) is 0.725. The number of nitrogens with zero attached hydrogens (tertiary/aromatic N) is 2. The lowest BCUT2D eigenvalue weighted by Gasteiger charge is -1.94. The Hall–Kier alpha value is -1.83. The summed E-state index contributed by atoms with van der Waals surface area (Å²) < 4.78 is 1.88. The highest BCUT2D eigenvalue weighted by Gasteiger charge is 1.98. The van der Waals surface area contributed by atoms with Gasteiger partial charge < -0.3 is 0 Å². The molecule has 1 heterocycles. The molecule has 0 amide bonds. The fourth-order valence-electron chi connectivity index (χ4n) is 1.43. The average Bonchev–Trinajstić information content (AvgIpc) is 2.59. The number of aryl methyl sites for hydroxylation is 1. The Morgan fingerprint density at radius 3 is 2.47 bits per heavy atom. The normalized spacial score (nSPS) is 11.1. The zero-order chi connectivity index (χ0) is 10.7. The van der Waals surface area contributed by atoms with Gasteiger partial charge in [0.25, 0.3) is 0 Å². The SMILES string of the molecule is Cc1c(/C=C/c2ccccc2)cnn1C. The zero-order valence-electron chi connectivity index (χ0n) is 9.01. The largest absolute Gasteiger partial charge is 0.272 e. The van der Waals surface area contributed by atoms with Crippen LogP contribution in [0.5, 0.6) is 0 Å². The molecule has 0 aliphatic carbocycles. The van der Waals surface area contributed by atoms with E-state index in [0.29, 0.717) is 0 Å². The second-order valence-corrected chi connectivity index (χ2v) is 3.55. The lowest BCUT2D eigenvalue weighted by Crippen LogP contribution is -1.92. The lowest BCUT2D eigenvalue weighted by atomic mass is 10.1. The maximum Gasteiger partial charge on any atom is 0.0564 e. The number of aromatic nitrogens is 2. The van der Waals surface area contributed by atoms with Gasteiger partial charge in [0.15, 0.2) is 0 Å². The van der Waals surface area contributed by atoms with Gasteiger partial charge in [-0.2, -0.15) is 5.10 Å². The Morgan fingerprint density at radius 2 is 1.87 bits per heavy atom. The van der Waals surface area contributed by atoms with Crippen LogP contribution in [0.4, 0.5) is 0 Å². The number of hydrogen-bond donors (Lipinski definition) is 0. The first-order valence-electron chi connectivity index (χ1n) is 4.99. The molecular weight excluding hydrogens is 184 g/mol. The fraction of sp³-hybridized carbons (Fsp3) is 0.154. The van der Waals surface area contributed by atoms with Crippen LogP contribution in [0.3, 0.4) is 0 Å². The van der Waals surface area contributed by atoms with E-state index in [-0.39, 0.29) is 0 Å². The van der Waals surface area contributed by atoms with Gasteiger partial charge in [-0.05, 0) is 12.5 Å². The topological polar surface area (TPSA) is 17.8 Å². The van der Waals surface area contributed by atoms with E-state index in [0.717, 1.165) is 0 Å². The van der Waals surface area contributed by atoms with E-state index < -0.39 is 0 Å². The molecule has 0 atom stereocenters. The van der Waals surface area contributed by atoms with Crippen LogP contribution in [0.25, 0.3) is 12.2 Å². The van der Waals surface area contributed by atoms with Gasteiger partial charge in [-0.1, -0.05) is 42.5 Å². The van der Waals surface area contributed by atoms with E-state index in [9.17, 15) is 0 Å². The van der Waals surface area contributed by atoms with Gasteiger partial charge in [0, 0.05) is 18.3 Å². The molecule has 2 rings (SSSR count). The maximum atomic E-state index is 4.19. The molecule has 2 heteroatoms. The summed E-state index contributed by atoms with van der Waals surface area (Å²) in [4.78, 5) is 0. The minimum atomic E-state index is 1.17. The Labute approximate surface area is 89.9 Å². The minimum Gasteiger partial charge on any atom is -0.272 e. The van der Waals surface area contributed by atoms with E-state index in [1.807, 2.05) is 36.1 Å². The van der Waals surface area contributed by atoms with Gasteiger partial charge in [0.05, 0.1) is 6.20 Å². The van der Waals surface area contributed by atoms with Crippen molar-refractivity contribution in [3.63, 3.8) is 0 Å². The zero-order valence-corrected chi connectivity index (χ0v) is 9.01. The number of hydrogen-bond acceptors (Lipinski definition) is 1. The standard InChI is InChI=1S/C13H14N2/c1-11-13(10-14-15(11)2)9-8-12-6-4-3-5-7-12/h3-10H,1-2H3/b9-8+. The summed E-state index contributed by atoms with van der Waals surface area (Å²) in [6.07, 6.45) is 6.08. The summed E-state index contributed by atoms with van der Waals surface area (Å²) in [5.41, 5.74) is 3.56. The Kier molecular flexibility index (Phi) is 2.68. The van der Waals surface area contributed by atoms with Crippen molar-refractivity contribution >= 4 is 12.2 Å². The van der Waals surface area contributed by atoms with Crippen LogP contribution in [0, 0.1) is 6.92 Å². The van der Waals surface area contributed by atoms with Crippen molar-refractivity contribution in [2.24, 2.45) is 7.05 Å². The molecule has 1 aromatic heterocycles. The molecule has 0 bridgehead atoms. The second-order valence-electron chi connectivity index (χ2n) is 3.55. The van der Waals surface area contributed by atoms with Crippen LogP contribution >= 0.6 is 0 Å². The molecule has 15 heavy (non-hydrogen) atoms. The third-order valence-corrected chi connectivity index (χ3v) is 2.53. The van der Waals surface area contributed by atoms with Gasteiger partial charge in [0.1, 0.15) is 0 Å². The molecule has 2 nitrogen and oxygen atoms in total. The Balaban J connectivity index is 2.23. The minimum absolute atomic E-state index is 1.17. The van der Waals surface area contributed by atoms with Crippen molar-refractivity contribution in [3.8, 4) is 0 Å². The van der Waals surface area contributed by atoms with E-state index >= 15 is 0 Å². The summed E-state index contributed by atoms with van der Waals surface area (Å²) in [6.45, 7) is 2.07. The number of rotatable bonds is 2. The highest BCUT2D eigenvalue weighted by atomic mass is 15.3. The van der Waals surface area contributed by atoms with Crippen LogP contribution in [-0.2, 0) is 7.05 Å². The Bertz CT molecular complexity index is 467. The van der Waals surface area contributed by atoms with Crippen molar-refractivity contribution < 1.29 is 0 Å². The maximum absolute atomic E-state index is 4.19. The van der Waals surface area contributed by atoms with Crippen molar-refractivity contribution in [2.75, 3.05) is 0 Å². The highest BCUT2D eigenvalue weighted by Crippen LogP contribution is 2.10. The summed E-state index contributed by atoms with van der Waals surface area (Å²) in [7, 11) is 1.95. The first kappa shape index (κ1) is 9.71. The molecule has 0 aliphatic heterocycles. The molecule has 0 saturated heterocycles. The molecule has 0 fully saturated rings. The van der Waals surface area contributed by atoms with Gasteiger partial charge in [-0.3, -0.25) is 4.68 Å². The van der Waals surface area contributed by atoms with Crippen LogP contribution < -0.4 is 0 Å². The van der Waals surface area contributed by atoms with Crippen LogP contribution in [0.1, 0.15) is 16.8 Å². The third-order valence-electron chi connectivity index (χ3n) is 2.53. The van der Waals surface area contributed by atoms with Crippen molar-refractivity contribution in [1.29, 1.82) is 0 Å². The molecular formula is C13H14N2. The molecule has 1 aromatic carbocycles. The van der Waals surface area contributed by atoms with Crippen LogP contribution in [0.15, 0.2) is 36.5 Å². The highest BCUT2D eigenvalue weighted by molar-refractivity contribution is 5.70. The van der Waals surface area contributed by atoms with Gasteiger partial charge in [-0.25, -0.2) is 0 Å². The number of benzene rings is 1. The molecule has 0 aliphatic rings. The van der Waals surface area contributed by atoms with Gasteiger partial charge in [0.2, 0.25) is 0 Å². The van der Waals surface area contributed by atoms with Crippen LogP contribution in [0.2, 0.25) is 0 Å². The summed E-state index contributed by atoms with van der Waals surface area (Å²) in [6, 6.07) is 10.3. The predicted molar refractivity (Wildman–Crippen MR) is 63.3 cm³/mol. The summed E-state index contributed by atoms with van der Waals surface area (Å²) >= 11 is 0. The molecule has 0 spiro atoms. The monoisotopic (exact) mass is 198 g/mol. The van der Waals surface area contributed by atoms with Gasteiger partial charge >= 0.3 is 0 Å². The second kappa shape index (κ2) is 4.13. The predicted octanol–water partition coefficient (Wildman–Crippen LogP) is 2.90. The fourth-order valence-corrected chi connectivity index (χ4v) is 1.43. The molecule has 0 radical (unpaired) electrons. The molecule has 0 unspecified atom stereocenters. The average molecular weight is 198 g/mol. The van der Waals surface area contributed by atoms with Crippen molar-refractivity contribution in [2.45, 2.75) is 6.92 Å². The van der Waals surface area contributed by atoms with E-state index in [1.165, 1.54) is 16.8 Å². The van der Waals surface area contributed by atoms with Gasteiger partial charge in [-0.15, -0.1) is 0 Å². The Morgan fingerprint density at radius 1 is 1.13 bits per heavy atom. The first-order chi connectivity index (χ1) is 7.27. The third kappa shape index (κ3) is 2.15. The van der Waals surface area contributed by atoms with E-state index in [4.69, 9.17) is 0 Å². The lowest BCUT2D eigenvalue weighted by molar-refractivity contribution is 0.740. The summed E-state index contributed by atoms with van der Waals surface area (Å²) in [5.74, 6) is 0. The first-order valence-corrected chi connectivity index (χ1v) is 4.99. The van der Waals surface area contributed by atoms with Crippen molar-refractivity contribution in [3.05, 3.63) is 53.3 Å². The van der Waals surface area contributed by atoms with Crippen molar-refractivity contribution in [1.82, 2.24) is 9.78 Å². The summed E-state index contributed by atoms with van der Waals surface area (Å²) in [5, 5.41) is 4.19. The van der Waals surface area contributed by atoms with E-state index in [1.54, 1.807) is 0 Å². The van der Waals surface area contributed by atoms with Crippen LogP contribution in [-0.4, -0.2) is 9.78 Å². The molecule has 0 N–H and O–H groups in total. The molecule has 76 valence electrons. The molecule has 0 saturated carbocycles. The van der Waals surface area contributed by atoms with E-state index in [2.05, 4.69) is 36.3 Å².